The van der Waals surface area contributed by atoms with Gasteiger partial charge in [0.1, 0.15) is 6.54 Å². The third kappa shape index (κ3) is 4.58. The zero-order valence-electron chi connectivity index (χ0n) is 15.0. The van der Waals surface area contributed by atoms with E-state index in [9.17, 15) is 4.79 Å². The molecular weight excluding hydrogens is 406 g/mol. The van der Waals surface area contributed by atoms with Gasteiger partial charge in [0, 0.05) is 41.5 Å². The Kier molecular flexibility index (Phi) is 5.57. The van der Waals surface area contributed by atoms with Crippen molar-refractivity contribution in [3.8, 4) is 0 Å². The second-order valence-corrected chi connectivity index (χ2v) is 7.70. The molecule has 4 rings (SSSR count). The average Bonchev–Trinajstić information content (AvgIpc) is 3.06. The van der Waals surface area contributed by atoms with Crippen LogP contribution in [0.2, 0.25) is 0 Å². The zero-order chi connectivity index (χ0) is 18.6. The zero-order valence-corrected chi connectivity index (χ0v) is 16.6. The summed E-state index contributed by atoms with van der Waals surface area (Å²) in [6, 6.07) is 16.2. The number of nitrogens with one attached hydrogen (secondary N) is 1. The number of fused-ring (bicyclic) bond motifs is 1. The number of anilines is 1. The van der Waals surface area contributed by atoms with E-state index in [4.69, 9.17) is 4.74 Å². The lowest BCUT2D eigenvalue weighted by Gasteiger charge is -2.26. The number of aromatic nitrogens is 1. The van der Waals surface area contributed by atoms with Gasteiger partial charge in [-0.3, -0.25) is 9.69 Å². The first kappa shape index (κ1) is 18.2. The Hall–Kier alpha value is -2.15. The molecule has 0 bridgehead atoms. The minimum atomic E-state index is -0.0339. The van der Waals surface area contributed by atoms with Crippen LogP contribution in [-0.4, -0.2) is 41.7 Å². The SMILES string of the molecule is O=C(Cn1ccc2ccc(Br)cc21)Nc1ccc(CN2CCOCC2)cc1. The summed E-state index contributed by atoms with van der Waals surface area (Å²) in [6.45, 7) is 4.76. The van der Waals surface area contributed by atoms with E-state index in [0.717, 1.165) is 53.9 Å². The van der Waals surface area contributed by atoms with Crippen LogP contribution in [0, 0.1) is 0 Å². The highest BCUT2D eigenvalue weighted by molar-refractivity contribution is 9.10. The molecule has 0 radical (unpaired) electrons. The molecule has 27 heavy (non-hydrogen) atoms. The van der Waals surface area contributed by atoms with Crippen molar-refractivity contribution < 1.29 is 9.53 Å². The van der Waals surface area contributed by atoms with Crippen LogP contribution in [0.5, 0.6) is 0 Å². The highest BCUT2D eigenvalue weighted by Gasteiger charge is 2.11. The maximum atomic E-state index is 12.4. The van der Waals surface area contributed by atoms with Crippen molar-refractivity contribution in [2.75, 3.05) is 31.6 Å². The van der Waals surface area contributed by atoms with Crippen molar-refractivity contribution in [3.05, 3.63) is 64.8 Å². The van der Waals surface area contributed by atoms with Crippen molar-refractivity contribution in [1.29, 1.82) is 0 Å². The summed E-state index contributed by atoms with van der Waals surface area (Å²) in [5.74, 6) is -0.0339. The van der Waals surface area contributed by atoms with Gasteiger partial charge < -0.3 is 14.6 Å². The van der Waals surface area contributed by atoms with Crippen LogP contribution in [0.1, 0.15) is 5.56 Å². The van der Waals surface area contributed by atoms with Crippen LogP contribution in [0.3, 0.4) is 0 Å². The lowest BCUT2D eigenvalue weighted by molar-refractivity contribution is -0.116. The number of carbonyl (C=O) groups excluding carboxylic acids is 1. The van der Waals surface area contributed by atoms with Gasteiger partial charge in [0.25, 0.3) is 0 Å². The lowest BCUT2D eigenvalue weighted by atomic mass is 10.2. The van der Waals surface area contributed by atoms with Crippen molar-refractivity contribution in [2.45, 2.75) is 13.1 Å². The van der Waals surface area contributed by atoms with Crippen LogP contribution in [0.4, 0.5) is 5.69 Å². The topological polar surface area (TPSA) is 46.5 Å². The Labute approximate surface area is 167 Å². The number of carbonyl (C=O) groups is 1. The molecule has 1 amide bonds. The average molecular weight is 428 g/mol. The standard InChI is InChI=1S/C21H22BrN3O2/c22-18-4-3-17-7-8-25(20(17)13-18)15-21(26)23-19-5-1-16(2-6-19)14-24-9-11-27-12-10-24/h1-8,13H,9-12,14-15H2,(H,23,26). The third-order valence-electron chi connectivity index (χ3n) is 4.80. The van der Waals surface area contributed by atoms with E-state index >= 15 is 0 Å². The summed E-state index contributed by atoms with van der Waals surface area (Å²) >= 11 is 3.49. The van der Waals surface area contributed by atoms with E-state index in [1.165, 1.54) is 5.56 Å². The molecule has 6 heteroatoms. The number of morpholine rings is 1. The molecule has 5 nitrogen and oxygen atoms in total. The van der Waals surface area contributed by atoms with Gasteiger partial charge in [-0.15, -0.1) is 0 Å². The Bertz CT molecular complexity index is 930. The highest BCUT2D eigenvalue weighted by atomic mass is 79.9. The fourth-order valence-electron chi connectivity index (χ4n) is 3.36. The first-order valence-corrected chi connectivity index (χ1v) is 9.90. The first-order valence-electron chi connectivity index (χ1n) is 9.11. The predicted molar refractivity (Wildman–Crippen MR) is 111 cm³/mol. The largest absolute Gasteiger partial charge is 0.379 e. The van der Waals surface area contributed by atoms with Gasteiger partial charge >= 0.3 is 0 Å². The molecule has 1 aliphatic rings. The number of benzene rings is 2. The quantitative estimate of drug-likeness (QED) is 0.671. The summed E-state index contributed by atoms with van der Waals surface area (Å²) in [5.41, 5.74) is 3.11. The van der Waals surface area contributed by atoms with Crippen molar-refractivity contribution in [1.82, 2.24) is 9.47 Å². The van der Waals surface area contributed by atoms with E-state index < -0.39 is 0 Å². The van der Waals surface area contributed by atoms with Crippen molar-refractivity contribution >= 4 is 38.4 Å². The molecule has 140 valence electrons. The summed E-state index contributed by atoms with van der Waals surface area (Å²) in [4.78, 5) is 14.8. The molecule has 2 aromatic carbocycles. The van der Waals surface area contributed by atoms with Crippen molar-refractivity contribution in [3.63, 3.8) is 0 Å². The van der Waals surface area contributed by atoms with Gasteiger partial charge in [-0.25, -0.2) is 0 Å². The number of halogens is 1. The second kappa shape index (κ2) is 8.25. The van der Waals surface area contributed by atoms with Crippen LogP contribution < -0.4 is 5.32 Å². The Morgan fingerprint density at radius 1 is 1.07 bits per heavy atom. The molecule has 0 aliphatic carbocycles. The van der Waals surface area contributed by atoms with Crippen LogP contribution in [0.15, 0.2) is 59.2 Å². The van der Waals surface area contributed by atoms with E-state index in [2.05, 4.69) is 38.3 Å². The fourth-order valence-corrected chi connectivity index (χ4v) is 3.71. The maximum absolute atomic E-state index is 12.4. The van der Waals surface area contributed by atoms with Gasteiger partial charge in [0.05, 0.1) is 13.2 Å². The number of amides is 1. The number of hydrogen-bond donors (Lipinski definition) is 1. The Morgan fingerprint density at radius 3 is 2.63 bits per heavy atom. The van der Waals surface area contributed by atoms with Gasteiger partial charge in [-0.1, -0.05) is 34.1 Å². The van der Waals surface area contributed by atoms with Crippen LogP contribution >= 0.6 is 15.9 Å². The third-order valence-corrected chi connectivity index (χ3v) is 5.29. The van der Waals surface area contributed by atoms with E-state index in [-0.39, 0.29) is 12.5 Å². The monoisotopic (exact) mass is 427 g/mol. The van der Waals surface area contributed by atoms with E-state index in [1.807, 2.05) is 47.2 Å². The van der Waals surface area contributed by atoms with E-state index in [0.29, 0.717) is 0 Å². The molecule has 3 aromatic rings. The molecule has 1 aliphatic heterocycles. The molecule has 0 spiro atoms. The molecule has 1 N–H and O–H groups in total. The molecule has 1 aromatic heterocycles. The van der Waals surface area contributed by atoms with Crippen LogP contribution in [-0.2, 0) is 22.6 Å². The molecule has 1 saturated heterocycles. The highest BCUT2D eigenvalue weighted by Crippen LogP contribution is 2.21. The summed E-state index contributed by atoms with van der Waals surface area (Å²) in [6.07, 6.45) is 1.95. The predicted octanol–water partition coefficient (Wildman–Crippen LogP) is 3.87. The summed E-state index contributed by atoms with van der Waals surface area (Å²) in [7, 11) is 0. The molecule has 1 fully saturated rings. The summed E-state index contributed by atoms with van der Waals surface area (Å²) in [5, 5.41) is 4.11. The molecule has 0 unspecified atom stereocenters. The smallest absolute Gasteiger partial charge is 0.244 e. The molecule has 0 atom stereocenters. The van der Waals surface area contributed by atoms with Gasteiger partial charge in [0.15, 0.2) is 0 Å². The fraction of sp³-hybridized carbons (Fsp3) is 0.286. The number of rotatable bonds is 5. The normalized spacial score (nSPS) is 15.1. The Balaban J connectivity index is 1.36. The van der Waals surface area contributed by atoms with Gasteiger partial charge in [-0.2, -0.15) is 0 Å². The second-order valence-electron chi connectivity index (χ2n) is 6.78. The maximum Gasteiger partial charge on any atom is 0.244 e. The molecule has 2 heterocycles. The van der Waals surface area contributed by atoms with Gasteiger partial charge in [-0.05, 0) is 41.3 Å². The lowest BCUT2D eigenvalue weighted by Crippen LogP contribution is -2.35. The van der Waals surface area contributed by atoms with Crippen LogP contribution in [0.25, 0.3) is 10.9 Å². The summed E-state index contributed by atoms with van der Waals surface area (Å²) < 4.78 is 8.35. The minimum Gasteiger partial charge on any atom is -0.379 e. The van der Waals surface area contributed by atoms with Gasteiger partial charge in [0.2, 0.25) is 5.91 Å². The molecular formula is C21H22BrN3O2. The van der Waals surface area contributed by atoms with Crippen molar-refractivity contribution in [2.24, 2.45) is 0 Å². The Morgan fingerprint density at radius 2 is 1.85 bits per heavy atom. The molecule has 0 saturated carbocycles. The first-order chi connectivity index (χ1) is 13.2. The number of hydrogen-bond acceptors (Lipinski definition) is 3. The van der Waals surface area contributed by atoms with E-state index in [1.54, 1.807) is 0 Å². The minimum absolute atomic E-state index is 0.0339. The number of ether oxygens (including phenoxy) is 1. The number of nitrogens with zero attached hydrogens (tertiary/aromatic N) is 2.